The summed E-state index contributed by atoms with van der Waals surface area (Å²) >= 11 is 3.47. The summed E-state index contributed by atoms with van der Waals surface area (Å²) < 4.78 is 6.52. The molecule has 1 N–H and O–H groups in total. The Kier molecular flexibility index (Phi) is 3.78. The highest BCUT2D eigenvalue weighted by atomic mass is 79.9. The highest BCUT2D eigenvalue weighted by Gasteiger charge is 2.22. The van der Waals surface area contributed by atoms with Crippen molar-refractivity contribution in [1.29, 1.82) is 0 Å². The maximum atomic E-state index is 10.5. The normalized spacial score (nSPS) is 18.6. The van der Waals surface area contributed by atoms with Gasteiger partial charge in [-0.25, -0.2) is 0 Å². The Morgan fingerprint density at radius 1 is 1.53 bits per heavy atom. The molecule has 0 fully saturated rings. The molecule has 0 bridgehead atoms. The van der Waals surface area contributed by atoms with Crippen LogP contribution in [0.15, 0.2) is 33.7 Å². The topological polar surface area (TPSA) is 58.9 Å². The van der Waals surface area contributed by atoms with E-state index >= 15 is 0 Å². The lowest BCUT2D eigenvalue weighted by Crippen LogP contribution is -2.17. The van der Waals surface area contributed by atoms with Gasteiger partial charge in [-0.15, -0.1) is 0 Å². The lowest BCUT2D eigenvalue weighted by atomic mass is 10.1. The van der Waals surface area contributed by atoms with Gasteiger partial charge in [0.1, 0.15) is 12.5 Å². The van der Waals surface area contributed by atoms with Gasteiger partial charge < -0.3 is 9.84 Å². The van der Waals surface area contributed by atoms with Crippen LogP contribution in [-0.2, 0) is 16.0 Å². The lowest BCUT2D eigenvalue weighted by molar-refractivity contribution is -0.135. The number of benzene rings is 1. The van der Waals surface area contributed by atoms with E-state index in [1.54, 1.807) is 0 Å². The van der Waals surface area contributed by atoms with E-state index in [-0.39, 0.29) is 12.5 Å². The summed E-state index contributed by atoms with van der Waals surface area (Å²) in [5.74, 6) is -0.583. The van der Waals surface area contributed by atoms with Crippen LogP contribution in [0.2, 0.25) is 0 Å². The molecule has 1 aromatic carbocycles. The second-order valence-corrected chi connectivity index (χ2v) is 4.69. The van der Waals surface area contributed by atoms with Gasteiger partial charge in [-0.05, 0) is 11.6 Å². The molecule has 0 spiro atoms. The highest BCUT2D eigenvalue weighted by Crippen LogP contribution is 2.20. The fraction of sp³-hybridized carbons (Fsp3) is 0.333. The molecule has 1 aliphatic heterocycles. The Morgan fingerprint density at radius 3 is 3.00 bits per heavy atom. The lowest BCUT2D eigenvalue weighted by Gasteiger charge is -2.11. The van der Waals surface area contributed by atoms with Crippen LogP contribution in [-0.4, -0.2) is 29.6 Å². The van der Waals surface area contributed by atoms with Gasteiger partial charge in [0.15, 0.2) is 5.90 Å². The molecule has 1 unspecified atom stereocenters. The van der Waals surface area contributed by atoms with Crippen LogP contribution in [0.5, 0.6) is 0 Å². The molecule has 0 amide bonds. The van der Waals surface area contributed by atoms with E-state index < -0.39 is 5.97 Å². The summed E-state index contributed by atoms with van der Waals surface area (Å²) in [6, 6.07) is 7.91. The van der Waals surface area contributed by atoms with E-state index in [0.717, 1.165) is 16.5 Å². The van der Waals surface area contributed by atoms with E-state index in [1.807, 2.05) is 24.3 Å². The van der Waals surface area contributed by atoms with Gasteiger partial charge >= 0.3 is 5.97 Å². The van der Waals surface area contributed by atoms with Gasteiger partial charge in [-0.3, -0.25) is 9.79 Å². The summed E-state index contributed by atoms with van der Waals surface area (Å²) in [5.41, 5.74) is 1.14. The average Bonchev–Trinajstić information content (AvgIpc) is 2.68. The molecule has 0 radical (unpaired) electrons. The van der Waals surface area contributed by atoms with Crippen LogP contribution in [0.25, 0.3) is 0 Å². The van der Waals surface area contributed by atoms with Crippen molar-refractivity contribution >= 4 is 27.8 Å². The summed E-state index contributed by atoms with van der Waals surface area (Å²) in [5, 5.41) is 8.63. The minimum Gasteiger partial charge on any atom is -0.481 e. The smallest absolute Gasteiger partial charge is 0.312 e. The van der Waals surface area contributed by atoms with Crippen LogP contribution in [0.4, 0.5) is 0 Å². The third kappa shape index (κ3) is 3.30. The van der Waals surface area contributed by atoms with Gasteiger partial charge in [-0.2, -0.15) is 0 Å². The van der Waals surface area contributed by atoms with Crippen LogP contribution in [0.3, 0.4) is 0 Å². The number of hydrogen-bond acceptors (Lipinski definition) is 3. The monoisotopic (exact) mass is 297 g/mol. The molecule has 1 aromatic rings. The van der Waals surface area contributed by atoms with E-state index in [0.29, 0.717) is 12.4 Å². The largest absolute Gasteiger partial charge is 0.481 e. The fourth-order valence-corrected chi connectivity index (χ4v) is 2.16. The predicted molar refractivity (Wildman–Crippen MR) is 67.3 cm³/mol. The standard InChI is InChI=1S/C12H12BrNO3/c13-10-4-2-1-3-8(10)5-9-7-14-11(17-9)6-12(15)16/h1-4,9H,5-7H2,(H,15,16). The molecule has 1 aliphatic rings. The number of carbonyl (C=O) groups is 1. The Hall–Kier alpha value is -1.36. The minimum atomic E-state index is -0.912. The third-order valence-corrected chi connectivity index (χ3v) is 3.26. The second kappa shape index (κ2) is 5.31. The molecule has 5 heteroatoms. The summed E-state index contributed by atoms with van der Waals surface area (Å²) in [7, 11) is 0. The van der Waals surface area contributed by atoms with Crippen molar-refractivity contribution in [1.82, 2.24) is 0 Å². The van der Waals surface area contributed by atoms with Crippen molar-refractivity contribution < 1.29 is 14.6 Å². The predicted octanol–water partition coefficient (Wildman–Crippen LogP) is 2.26. The SMILES string of the molecule is O=C(O)CC1=NCC(Cc2ccccc2Br)O1. The number of halogens is 1. The van der Waals surface area contributed by atoms with Gasteiger partial charge in [-0.1, -0.05) is 34.1 Å². The summed E-state index contributed by atoms with van der Waals surface area (Å²) in [6.45, 7) is 0.532. The Labute approximate surface area is 107 Å². The number of nitrogens with zero attached hydrogens (tertiary/aromatic N) is 1. The molecular formula is C12H12BrNO3. The molecule has 0 aromatic heterocycles. The minimum absolute atomic E-state index is 0.0527. The van der Waals surface area contributed by atoms with E-state index in [4.69, 9.17) is 9.84 Å². The second-order valence-electron chi connectivity index (χ2n) is 3.84. The van der Waals surface area contributed by atoms with E-state index in [9.17, 15) is 4.79 Å². The molecule has 0 aliphatic carbocycles. The van der Waals surface area contributed by atoms with Crippen molar-refractivity contribution in [3.63, 3.8) is 0 Å². The third-order valence-electron chi connectivity index (χ3n) is 2.48. The number of carboxylic acids is 1. The van der Waals surface area contributed by atoms with Crippen molar-refractivity contribution in [2.24, 2.45) is 4.99 Å². The van der Waals surface area contributed by atoms with E-state index in [2.05, 4.69) is 20.9 Å². The first-order valence-electron chi connectivity index (χ1n) is 5.30. The molecular weight excluding hydrogens is 286 g/mol. The van der Waals surface area contributed by atoms with Gasteiger partial charge in [0.2, 0.25) is 0 Å². The quantitative estimate of drug-likeness (QED) is 0.927. The van der Waals surface area contributed by atoms with Crippen molar-refractivity contribution in [2.45, 2.75) is 18.9 Å². The highest BCUT2D eigenvalue weighted by molar-refractivity contribution is 9.10. The van der Waals surface area contributed by atoms with Crippen molar-refractivity contribution in [2.75, 3.05) is 6.54 Å². The Morgan fingerprint density at radius 2 is 2.29 bits per heavy atom. The first-order chi connectivity index (χ1) is 8.15. The number of hydrogen-bond donors (Lipinski definition) is 1. The van der Waals surface area contributed by atoms with Crippen molar-refractivity contribution in [3.05, 3.63) is 34.3 Å². The number of rotatable bonds is 4. The van der Waals surface area contributed by atoms with Crippen LogP contribution < -0.4 is 0 Å². The molecule has 4 nitrogen and oxygen atoms in total. The molecule has 90 valence electrons. The van der Waals surface area contributed by atoms with Gasteiger partial charge in [0.25, 0.3) is 0 Å². The number of aliphatic carboxylic acids is 1. The van der Waals surface area contributed by atoms with Crippen molar-refractivity contribution in [3.8, 4) is 0 Å². The average molecular weight is 298 g/mol. The number of ether oxygens (including phenoxy) is 1. The van der Waals surface area contributed by atoms with Gasteiger partial charge in [0.05, 0.1) is 6.54 Å². The number of aliphatic imine (C=N–C) groups is 1. The zero-order valence-corrected chi connectivity index (χ0v) is 10.7. The molecule has 1 heterocycles. The zero-order valence-electron chi connectivity index (χ0n) is 9.10. The molecule has 1 atom stereocenters. The Balaban J connectivity index is 1.92. The van der Waals surface area contributed by atoms with Crippen LogP contribution >= 0.6 is 15.9 Å². The molecule has 2 rings (SSSR count). The maximum Gasteiger partial charge on any atom is 0.312 e. The number of carboxylic acid groups (broad SMARTS) is 1. The summed E-state index contributed by atoms with van der Waals surface area (Å²) in [4.78, 5) is 14.6. The first kappa shape index (κ1) is 12.1. The summed E-state index contributed by atoms with van der Waals surface area (Å²) in [6.07, 6.45) is 0.545. The molecule has 0 saturated carbocycles. The maximum absolute atomic E-state index is 10.5. The van der Waals surface area contributed by atoms with E-state index in [1.165, 1.54) is 0 Å². The zero-order chi connectivity index (χ0) is 12.3. The molecule has 17 heavy (non-hydrogen) atoms. The van der Waals surface area contributed by atoms with Gasteiger partial charge in [0, 0.05) is 10.9 Å². The first-order valence-corrected chi connectivity index (χ1v) is 6.09. The fourth-order valence-electron chi connectivity index (χ4n) is 1.71. The van der Waals surface area contributed by atoms with Crippen LogP contribution in [0.1, 0.15) is 12.0 Å². The van der Waals surface area contributed by atoms with Crippen LogP contribution in [0, 0.1) is 0 Å². The Bertz CT molecular complexity index is 459. The molecule has 0 saturated heterocycles.